The van der Waals surface area contributed by atoms with E-state index in [9.17, 15) is 14.4 Å². The molecule has 1 aromatic rings. The van der Waals surface area contributed by atoms with Gasteiger partial charge in [-0.1, -0.05) is 44.4 Å². The van der Waals surface area contributed by atoms with Crippen molar-refractivity contribution in [1.82, 2.24) is 25.4 Å². The highest BCUT2D eigenvalue weighted by Crippen LogP contribution is 2.17. The molecular formula is C15H25N5O3S. The summed E-state index contributed by atoms with van der Waals surface area (Å²) in [5.41, 5.74) is -0.276. The third-order valence-corrected chi connectivity index (χ3v) is 4.96. The molecule has 24 heavy (non-hydrogen) atoms. The number of H-pyrrole nitrogens is 1. The number of nitrogens with zero attached hydrogens (tertiary/aromatic N) is 2. The summed E-state index contributed by atoms with van der Waals surface area (Å²) in [5, 5.41) is 11.9. The third kappa shape index (κ3) is 5.70. The molecule has 1 aromatic heterocycles. The zero-order valence-corrected chi connectivity index (χ0v) is 14.8. The van der Waals surface area contributed by atoms with Gasteiger partial charge in [0.2, 0.25) is 5.91 Å². The van der Waals surface area contributed by atoms with Gasteiger partial charge in [-0.2, -0.15) is 0 Å². The first kappa shape index (κ1) is 18.6. The topological polar surface area (TPSA) is 109 Å². The van der Waals surface area contributed by atoms with Crippen molar-refractivity contribution in [3.63, 3.8) is 0 Å². The van der Waals surface area contributed by atoms with Crippen LogP contribution in [0.1, 0.15) is 51.9 Å². The third-order valence-electron chi connectivity index (χ3n) is 3.98. The van der Waals surface area contributed by atoms with Crippen LogP contribution in [-0.2, 0) is 11.3 Å². The highest BCUT2D eigenvalue weighted by atomic mass is 32.2. The zero-order chi connectivity index (χ0) is 17.4. The van der Waals surface area contributed by atoms with E-state index in [1.54, 1.807) is 0 Å². The molecule has 1 saturated carbocycles. The Hall–Kier alpha value is -1.77. The number of thioether (sulfide) groups is 1. The molecular weight excluding hydrogens is 330 g/mol. The van der Waals surface area contributed by atoms with Crippen LogP contribution in [0.3, 0.4) is 0 Å². The van der Waals surface area contributed by atoms with Crippen LogP contribution < -0.4 is 16.3 Å². The fourth-order valence-electron chi connectivity index (χ4n) is 2.69. The highest BCUT2D eigenvalue weighted by Gasteiger charge is 2.17. The van der Waals surface area contributed by atoms with Crippen molar-refractivity contribution in [1.29, 1.82) is 0 Å². The van der Waals surface area contributed by atoms with Crippen LogP contribution in [0.5, 0.6) is 0 Å². The van der Waals surface area contributed by atoms with Crippen molar-refractivity contribution in [2.24, 2.45) is 0 Å². The van der Waals surface area contributed by atoms with E-state index < -0.39 is 11.9 Å². The van der Waals surface area contributed by atoms with Crippen molar-refractivity contribution >= 4 is 23.7 Å². The van der Waals surface area contributed by atoms with Gasteiger partial charge in [0.1, 0.15) is 0 Å². The second-order valence-corrected chi connectivity index (χ2v) is 6.90. The molecule has 2 rings (SSSR count). The minimum absolute atomic E-state index is 0.0362. The van der Waals surface area contributed by atoms with E-state index in [1.807, 2.05) is 6.92 Å². The Morgan fingerprint density at radius 2 is 2.08 bits per heavy atom. The maximum atomic E-state index is 11.9. The van der Waals surface area contributed by atoms with Gasteiger partial charge in [0.05, 0.1) is 5.75 Å². The molecule has 0 radical (unpaired) electrons. The first-order valence-electron chi connectivity index (χ1n) is 8.48. The van der Waals surface area contributed by atoms with Crippen molar-refractivity contribution < 1.29 is 9.59 Å². The number of nitrogens with one attached hydrogen (secondary N) is 3. The number of imide groups is 1. The molecule has 3 N–H and O–H groups in total. The number of carbonyl (C=O) groups excluding carboxylic acids is 2. The lowest BCUT2D eigenvalue weighted by molar-refractivity contribution is -0.117. The summed E-state index contributed by atoms with van der Waals surface area (Å²) in [5.74, 6) is -0.361. The Kier molecular flexibility index (Phi) is 7.36. The van der Waals surface area contributed by atoms with Crippen molar-refractivity contribution in [2.45, 2.75) is 69.6 Å². The molecule has 0 bridgehead atoms. The second-order valence-electron chi connectivity index (χ2n) is 5.96. The van der Waals surface area contributed by atoms with Gasteiger partial charge in [0.25, 0.3) is 0 Å². The monoisotopic (exact) mass is 355 g/mol. The number of carbonyl (C=O) groups is 2. The van der Waals surface area contributed by atoms with Gasteiger partial charge in [-0.05, 0) is 19.3 Å². The lowest BCUT2D eigenvalue weighted by atomic mass is 9.96. The molecule has 3 amide bonds. The smallest absolute Gasteiger partial charge is 0.335 e. The Bertz CT molecular complexity index is 606. The maximum absolute atomic E-state index is 11.9. The average Bonchev–Trinajstić information content (AvgIpc) is 2.91. The summed E-state index contributed by atoms with van der Waals surface area (Å²) >= 11 is 1.14. The van der Waals surface area contributed by atoms with Gasteiger partial charge >= 0.3 is 11.7 Å². The van der Waals surface area contributed by atoms with Crippen LogP contribution in [0, 0.1) is 0 Å². The van der Waals surface area contributed by atoms with Gasteiger partial charge in [0.15, 0.2) is 5.16 Å². The van der Waals surface area contributed by atoms with E-state index in [-0.39, 0.29) is 17.5 Å². The molecule has 1 fully saturated rings. The minimum Gasteiger partial charge on any atom is -0.335 e. The normalized spacial score (nSPS) is 15.2. The summed E-state index contributed by atoms with van der Waals surface area (Å²) in [6.07, 6.45) is 7.19. The van der Waals surface area contributed by atoms with Crippen LogP contribution in [0.2, 0.25) is 0 Å². The molecule has 0 saturated heterocycles. The summed E-state index contributed by atoms with van der Waals surface area (Å²) in [6, 6.07) is -0.289. The maximum Gasteiger partial charge on any atom is 0.343 e. The molecule has 0 spiro atoms. The van der Waals surface area contributed by atoms with Gasteiger partial charge < -0.3 is 5.32 Å². The summed E-state index contributed by atoms with van der Waals surface area (Å²) in [4.78, 5) is 35.4. The quantitative estimate of drug-likeness (QED) is 0.644. The highest BCUT2D eigenvalue weighted by molar-refractivity contribution is 7.99. The predicted molar refractivity (Wildman–Crippen MR) is 92.0 cm³/mol. The fourth-order valence-corrected chi connectivity index (χ4v) is 3.46. The number of rotatable bonds is 7. The standard InChI is InChI=1S/C15H25N5O3S/c1-2-3-9-20-14(23)18-19-15(20)24-10-12(21)17-13(22)16-11-7-5-4-6-8-11/h11H,2-10H2,1H3,(H,18,23)(H2,16,17,21,22). The van der Waals surface area contributed by atoms with Gasteiger partial charge in [-0.15, -0.1) is 5.10 Å². The number of unbranched alkanes of at least 4 members (excludes halogenated alkanes) is 1. The molecule has 9 heteroatoms. The van der Waals surface area contributed by atoms with E-state index in [0.29, 0.717) is 11.7 Å². The fraction of sp³-hybridized carbons (Fsp3) is 0.733. The number of hydrogen-bond acceptors (Lipinski definition) is 5. The molecule has 8 nitrogen and oxygen atoms in total. The van der Waals surface area contributed by atoms with Gasteiger partial charge in [0, 0.05) is 12.6 Å². The molecule has 0 atom stereocenters. The van der Waals surface area contributed by atoms with E-state index in [2.05, 4.69) is 20.8 Å². The number of aromatic nitrogens is 3. The summed E-state index contributed by atoms with van der Waals surface area (Å²) in [6.45, 7) is 2.61. The van der Waals surface area contributed by atoms with Crippen molar-refractivity contribution in [3.05, 3.63) is 10.5 Å². The summed E-state index contributed by atoms with van der Waals surface area (Å²) in [7, 11) is 0. The average molecular weight is 355 g/mol. The van der Waals surface area contributed by atoms with Crippen molar-refractivity contribution in [3.8, 4) is 0 Å². The molecule has 1 aliphatic carbocycles. The predicted octanol–water partition coefficient (Wildman–Crippen LogP) is 1.62. The van der Waals surface area contributed by atoms with Gasteiger partial charge in [-0.25, -0.2) is 14.7 Å². The number of amides is 3. The van der Waals surface area contributed by atoms with E-state index in [4.69, 9.17) is 0 Å². The molecule has 134 valence electrons. The molecule has 0 aromatic carbocycles. The van der Waals surface area contributed by atoms with E-state index >= 15 is 0 Å². The van der Waals surface area contributed by atoms with Crippen LogP contribution in [-0.4, -0.2) is 38.5 Å². The Morgan fingerprint density at radius 3 is 2.79 bits per heavy atom. The van der Waals surface area contributed by atoms with Crippen LogP contribution in [0.4, 0.5) is 4.79 Å². The largest absolute Gasteiger partial charge is 0.343 e. The SMILES string of the molecule is CCCCn1c(SCC(=O)NC(=O)NC2CCCCC2)n[nH]c1=O. The van der Waals surface area contributed by atoms with E-state index in [1.165, 1.54) is 11.0 Å². The molecule has 1 heterocycles. The van der Waals surface area contributed by atoms with Crippen LogP contribution >= 0.6 is 11.8 Å². The molecule has 0 aliphatic heterocycles. The second kappa shape index (κ2) is 9.51. The van der Waals surface area contributed by atoms with Crippen LogP contribution in [0.25, 0.3) is 0 Å². The zero-order valence-electron chi connectivity index (χ0n) is 14.0. The van der Waals surface area contributed by atoms with Gasteiger partial charge in [-0.3, -0.25) is 14.7 Å². The van der Waals surface area contributed by atoms with E-state index in [0.717, 1.165) is 50.3 Å². The lowest BCUT2D eigenvalue weighted by Crippen LogP contribution is -2.45. The lowest BCUT2D eigenvalue weighted by Gasteiger charge is -2.22. The van der Waals surface area contributed by atoms with Crippen molar-refractivity contribution in [2.75, 3.05) is 5.75 Å². The van der Waals surface area contributed by atoms with Crippen LogP contribution in [0.15, 0.2) is 9.95 Å². The Balaban J connectivity index is 1.76. The number of hydrogen-bond donors (Lipinski definition) is 3. The number of aromatic amines is 1. The Morgan fingerprint density at radius 1 is 1.33 bits per heavy atom. The Labute approximate surface area is 145 Å². The summed E-state index contributed by atoms with van der Waals surface area (Å²) < 4.78 is 1.52. The molecule has 0 unspecified atom stereocenters. The first-order chi connectivity index (χ1) is 11.6. The molecule has 1 aliphatic rings. The minimum atomic E-state index is -0.446. The number of urea groups is 1. The first-order valence-corrected chi connectivity index (χ1v) is 9.47.